The van der Waals surface area contributed by atoms with E-state index in [1.165, 1.54) is 12.1 Å². The number of nitrogens with two attached hydrogens (primary N) is 1. The third-order valence-electron chi connectivity index (χ3n) is 2.69. The fourth-order valence-corrected chi connectivity index (χ4v) is 1.77. The summed E-state index contributed by atoms with van der Waals surface area (Å²) in [4.78, 5) is 24.7. The molecular formula is C13H7F3N3O3. The molecule has 0 saturated carbocycles. The number of primary amides is 1. The van der Waals surface area contributed by atoms with E-state index in [0.717, 1.165) is 18.2 Å². The summed E-state index contributed by atoms with van der Waals surface area (Å²) in [6.07, 6.45) is -4.68. The molecule has 113 valence electrons. The monoisotopic (exact) mass is 310 g/mol. The van der Waals surface area contributed by atoms with E-state index in [2.05, 4.69) is 4.98 Å². The molecule has 2 aromatic rings. The van der Waals surface area contributed by atoms with E-state index < -0.39 is 39.5 Å². The first kappa shape index (κ1) is 15.4. The third-order valence-corrected chi connectivity index (χ3v) is 2.69. The van der Waals surface area contributed by atoms with Crippen LogP contribution < -0.4 is 5.73 Å². The van der Waals surface area contributed by atoms with E-state index in [-0.39, 0.29) is 5.69 Å². The van der Waals surface area contributed by atoms with Crippen molar-refractivity contribution in [3.63, 3.8) is 0 Å². The predicted octanol–water partition coefficient (Wildman–Crippen LogP) is 2.57. The summed E-state index contributed by atoms with van der Waals surface area (Å²) in [6, 6.07) is 7.24. The number of hydrogen-bond donors (Lipinski definition) is 1. The Bertz CT molecular complexity index is 727. The normalized spacial score (nSPS) is 11.2. The summed E-state index contributed by atoms with van der Waals surface area (Å²) in [7, 11) is 0. The van der Waals surface area contributed by atoms with E-state index in [4.69, 9.17) is 5.73 Å². The van der Waals surface area contributed by atoms with Crippen molar-refractivity contribution in [2.45, 2.75) is 6.18 Å². The highest BCUT2D eigenvalue weighted by Gasteiger charge is 2.34. The van der Waals surface area contributed by atoms with Gasteiger partial charge in [-0.25, -0.2) is 4.98 Å². The third kappa shape index (κ3) is 3.03. The Labute approximate surface area is 121 Å². The summed E-state index contributed by atoms with van der Waals surface area (Å²) >= 11 is 0. The Morgan fingerprint density at radius 2 is 1.95 bits per heavy atom. The molecule has 0 atom stereocenters. The van der Waals surface area contributed by atoms with Crippen molar-refractivity contribution in [2.24, 2.45) is 5.73 Å². The van der Waals surface area contributed by atoms with E-state index >= 15 is 0 Å². The van der Waals surface area contributed by atoms with Crippen molar-refractivity contribution >= 4 is 11.6 Å². The van der Waals surface area contributed by atoms with Crippen LogP contribution in [0.3, 0.4) is 0 Å². The second kappa shape index (κ2) is 5.43. The number of nitrogens with zero attached hydrogens (tertiary/aromatic N) is 2. The van der Waals surface area contributed by atoms with E-state index in [9.17, 15) is 28.1 Å². The summed E-state index contributed by atoms with van der Waals surface area (Å²) in [5.41, 5.74) is 1.86. The second-order valence-electron chi connectivity index (χ2n) is 4.16. The van der Waals surface area contributed by atoms with Gasteiger partial charge < -0.3 is 5.73 Å². The number of rotatable bonds is 3. The fraction of sp³-hybridized carbons (Fsp3) is 0.0769. The number of carbonyl (C=O) groups excluding carboxylic acids is 1. The van der Waals surface area contributed by atoms with Crippen molar-refractivity contribution in [1.29, 1.82) is 0 Å². The van der Waals surface area contributed by atoms with Crippen LogP contribution in [-0.2, 0) is 6.18 Å². The molecule has 0 aliphatic carbocycles. The Hall–Kier alpha value is -2.97. The minimum absolute atomic E-state index is 0.382. The van der Waals surface area contributed by atoms with Gasteiger partial charge in [-0.2, -0.15) is 13.2 Å². The minimum Gasteiger partial charge on any atom is -0.364 e. The van der Waals surface area contributed by atoms with E-state index in [0.29, 0.717) is 0 Å². The first-order chi connectivity index (χ1) is 10.2. The van der Waals surface area contributed by atoms with Crippen molar-refractivity contribution in [1.82, 2.24) is 4.98 Å². The van der Waals surface area contributed by atoms with Crippen LogP contribution >= 0.6 is 0 Å². The van der Waals surface area contributed by atoms with Gasteiger partial charge >= 0.3 is 6.18 Å². The first-order valence-electron chi connectivity index (χ1n) is 5.75. The van der Waals surface area contributed by atoms with E-state index in [1.54, 1.807) is 0 Å². The van der Waals surface area contributed by atoms with Gasteiger partial charge in [0.25, 0.3) is 11.6 Å². The Morgan fingerprint density at radius 1 is 1.32 bits per heavy atom. The first-order valence-corrected chi connectivity index (χ1v) is 5.75. The predicted molar refractivity (Wildman–Crippen MR) is 68.7 cm³/mol. The summed E-state index contributed by atoms with van der Waals surface area (Å²) in [5, 5.41) is 10.8. The van der Waals surface area contributed by atoms with Crippen molar-refractivity contribution < 1.29 is 22.9 Å². The lowest BCUT2D eigenvalue weighted by Crippen LogP contribution is -2.15. The molecule has 0 spiro atoms. The molecule has 2 rings (SSSR count). The highest BCUT2D eigenvalue weighted by Crippen LogP contribution is 2.37. The number of hydrogen-bond acceptors (Lipinski definition) is 4. The van der Waals surface area contributed by atoms with Crippen LogP contribution in [0.1, 0.15) is 16.1 Å². The molecule has 0 saturated heterocycles. The zero-order valence-corrected chi connectivity index (χ0v) is 10.7. The summed E-state index contributed by atoms with van der Waals surface area (Å²) in [5.74, 6) is -1.13. The van der Waals surface area contributed by atoms with Gasteiger partial charge in [-0.3, -0.25) is 14.9 Å². The van der Waals surface area contributed by atoms with Crippen LogP contribution in [0.5, 0.6) is 0 Å². The molecule has 0 aliphatic rings. The number of pyridine rings is 1. The molecule has 1 heterocycles. The molecule has 22 heavy (non-hydrogen) atoms. The van der Waals surface area contributed by atoms with Crippen molar-refractivity contribution in [3.05, 3.63) is 57.8 Å². The van der Waals surface area contributed by atoms with Crippen LogP contribution in [-0.4, -0.2) is 15.8 Å². The number of aromatic nitrogens is 1. The minimum atomic E-state index is -4.68. The van der Waals surface area contributed by atoms with Crippen LogP contribution in [0.15, 0.2) is 30.3 Å². The van der Waals surface area contributed by atoms with E-state index in [1.807, 2.05) is 6.07 Å². The zero-order chi connectivity index (χ0) is 16.5. The second-order valence-corrected chi connectivity index (χ2v) is 4.16. The van der Waals surface area contributed by atoms with Gasteiger partial charge in [0.05, 0.1) is 16.2 Å². The van der Waals surface area contributed by atoms with Crippen molar-refractivity contribution in [3.8, 4) is 11.3 Å². The van der Waals surface area contributed by atoms with Crippen LogP contribution in [0.4, 0.5) is 18.9 Å². The average Bonchev–Trinajstić information content (AvgIpc) is 2.45. The molecule has 2 N–H and O–H groups in total. The lowest BCUT2D eigenvalue weighted by atomic mass is 10.0. The van der Waals surface area contributed by atoms with Gasteiger partial charge in [-0.1, -0.05) is 18.2 Å². The van der Waals surface area contributed by atoms with Gasteiger partial charge in [-0.05, 0) is 6.07 Å². The summed E-state index contributed by atoms with van der Waals surface area (Å²) < 4.78 is 39.0. The van der Waals surface area contributed by atoms with Crippen molar-refractivity contribution in [2.75, 3.05) is 0 Å². The largest absolute Gasteiger partial charge is 0.417 e. The molecular weight excluding hydrogens is 303 g/mol. The van der Waals surface area contributed by atoms with Gasteiger partial charge in [0.15, 0.2) is 0 Å². The highest BCUT2D eigenvalue weighted by molar-refractivity contribution is 5.92. The zero-order valence-electron chi connectivity index (χ0n) is 10.7. The standard InChI is InChI=1S/C13H7F3N3O3/c14-13(15,16)9-4-2-1-3-8(9)10-5-7(19(21)22)6-11(18-10)12(17)20/h1-5H,(H2,17,20). The number of benzene rings is 1. The number of nitro groups is 1. The Morgan fingerprint density at radius 3 is 2.50 bits per heavy atom. The smallest absolute Gasteiger partial charge is 0.364 e. The molecule has 1 radical (unpaired) electrons. The van der Waals surface area contributed by atoms with Gasteiger partial charge in [-0.15, -0.1) is 0 Å². The maximum Gasteiger partial charge on any atom is 0.417 e. The number of carbonyl (C=O) groups is 1. The molecule has 9 heteroatoms. The fourth-order valence-electron chi connectivity index (χ4n) is 1.77. The topological polar surface area (TPSA) is 99.1 Å². The molecule has 0 unspecified atom stereocenters. The molecule has 1 aromatic heterocycles. The Balaban J connectivity index is 2.73. The Kier molecular flexibility index (Phi) is 3.81. The number of amides is 1. The lowest BCUT2D eigenvalue weighted by Gasteiger charge is -2.12. The molecule has 1 aromatic carbocycles. The van der Waals surface area contributed by atoms with Crippen LogP contribution in [0.25, 0.3) is 11.3 Å². The van der Waals surface area contributed by atoms with Crippen LogP contribution in [0.2, 0.25) is 0 Å². The SMILES string of the molecule is NC(=O)c1[c]c([N+](=O)[O-])cc(-c2ccccc2C(F)(F)F)n1. The number of halogens is 3. The molecule has 6 nitrogen and oxygen atoms in total. The maximum atomic E-state index is 13.0. The molecule has 0 aliphatic heterocycles. The highest BCUT2D eigenvalue weighted by atomic mass is 19.4. The number of alkyl halides is 3. The van der Waals surface area contributed by atoms with Gasteiger partial charge in [0, 0.05) is 11.6 Å². The molecule has 1 amide bonds. The van der Waals surface area contributed by atoms with Crippen LogP contribution in [0, 0.1) is 16.2 Å². The van der Waals surface area contributed by atoms with Gasteiger partial charge in [0.2, 0.25) is 0 Å². The molecule has 0 fully saturated rings. The molecule has 0 bridgehead atoms. The average molecular weight is 310 g/mol. The summed E-state index contributed by atoms with van der Waals surface area (Å²) in [6.45, 7) is 0. The van der Waals surface area contributed by atoms with Gasteiger partial charge in [0.1, 0.15) is 11.8 Å². The maximum absolute atomic E-state index is 13.0. The lowest BCUT2D eigenvalue weighted by molar-refractivity contribution is -0.385. The quantitative estimate of drug-likeness (QED) is 0.695.